The molecule has 0 fully saturated rings. The zero-order chi connectivity index (χ0) is 9.19. The van der Waals surface area contributed by atoms with E-state index in [1.165, 1.54) is 19.1 Å². The molecule has 0 saturated heterocycles. The molecule has 0 radical (unpaired) electrons. The Morgan fingerprint density at radius 2 is 1.75 bits per heavy atom. The van der Waals surface area contributed by atoms with Gasteiger partial charge in [-0.2, -0.15) is 0 Å². The number of benzene rings is 1. The number of halogens is 2. The largest absolute Gasteiger partial charge is 0.273 e. The van der Waals surface area contributed by atoms with Crippen LogP contribution in [0.5, 0.6) is 0 Å². The maximum absolute atomic E-state index is 13.0. The summed E-state index contributed by atoms with van der Waals surface area (Å²) in [6, 6.07) is 5.96. The van der Waals surface area contributed by atoms with Crippen LogP contribution in [0.4, 0.5) is 8.78 Å². The molecule has 1 rings (SSSR count). The molecule has 0 aliphatic rings. The monoisotopic (exact) mass is 188 g/mol. The molecule has 0 saturated carbocycles. The quantitative estimate of drug-likeness (QED) is 0.675. The second-order valence-electron chi connectivity index (χ2n) is 2.60. The molecule has 1 aromatic carbocycles. The smallest absolute Gasteiger partial charge is 0.201 e. The van der Waals surface area contributed by atoms with Crippen molar-refractivity contribution in [3.8, 4) is 0 Å². The fourth-order valence-corrected chi connectivity index (χ4v) is 1.06. The molecule has 0 unspecified atom stereocenters. The van der Waals surface area contributed by atoms with E-state index in [0.717, 1.165) is 0 Å². The Kier molecular flexibility index (Phi) is 2.73. The molecule has 66 valence electrons. The van der Waals surface area contributed by atoms with Gasteiger partial charge >= 0.3 is 0 Å². The van der Waals surface area contributed by atoms with Gasteiger partial charge in [0.15, 0.2) is 0 Å². The number of thiol groups is 1. The van der Waals surface area contributed by atoms with Crippen LogP contribution >= 0.6 is 12.6 Å². The van der Waals surface area contributed by atoms with E-state index in [4.69, 9.17) is 0 Å². The molecular formula is C9H10F2S. The van der Waals surface area contributed by atoms with Gasteiger partial charge in [-0.15, -0.1) is 12.6 Å². The van der Waals surface area contributed by atoms with E-state index < -0.39 is 5.92 Å². The average molecular weight is 188 g/mol. The fourth-order valence-electron chi connectivity index (χ4n) is 0.909. The lowest BCUT2D eigenvalue weighted by Crippen LogP contribution is -2.10. The highest BCUT2D eigenvalue weighted by atomic mass is 32.1. The zero-order valence-corrected chi connectivity index (χ0v) is 7.61. The molecule has 0 N–H and O–H groups in total. The lowest BCUT2D eigenvalue weighted by Gasteiger charge is -2.13. The third-order valence-electron chi connectivity index (χ3n) is 1.73. The number of alkyl halides is 2. The molecule has 0 atom stereocenters. The van der Waals surface area contributed by atoms with Crippen molar-refractivity contribution >= 4 is 12.6 Å². The third-order valence-corrected chi connectivity index (χ3v) is 2.03. The summed E-state index contributed by atoms with van der Waals surface area (Å²) in [5, 5.41) is 0. The second kappa shape index (κ2) is 3.44. The summed E-state index contributed by atoms with van der Waals surface area (Å²) in [5.74, 6) is -2.71. The van der Waals surface area contributed by atoms with Crippen molar-refractivity contribution in [3.05, 3.63) is 29.8 Å². The number of rotatable bonds is 2. The summed E-state index contributed by atoms with van der Waals surface area (Å²) in [6.45, 7) is 1.47. The topological polar surface area (TPSA) is 0 Å². The van der Waals surface area contributed by atoms with Crippen LogP contribution in [0.25, 0.3) is 0 Å². The average Bonchev–Trinajstić information content (AvgIpc) is 2.05. The summed E-state index contributed by atoms with van der Waals surface area (Å²) >= 11 is 4.01. The van der Waals surface area contributed by atoms with Gasteiger partial charge in [0.1, 0.15) is 0 Å². The van der Waals surface area contributed by atoms with Gasteiger partial charge < -0.3 is 0 Å². The Balaban J connectivity index is 2.96. The maximum atomic E-state index is 13.0. The Morgan fingerprint density at radius 1 is 1.25 bits per heavy atom. The third kappa shape index (κ3) is 1.97. The van der Waals surface area contributed by atoms with Crippen LogP contribution in [0, 0.1) is 0 Å². The van der Waals surface area contributed by atoms with Crippen LogP contribution in [0.15, 0.2) is 29.2 Å². The minimum Gasteiger partial charge on any atom is -0.201 e. The van der Waals surface area contributed by atoms with Crippen LogP contribution in [-0.2, 0) is 5.92 Å². The molecule has 1 aromatic rings. The lowest BCUT2D eigenvalue weighted by molar-refractivity contribution is -0.00832. The van der Waals surface area contributed by atoms with E-state index in [1.54, 1.807) is 12.1 Å². The first-order valence-corrected chi connectivity index (χ1v) is 4.18. The van der Waals surface area contributed by atoms with Crippen molar-refractivity contribution in [3.63, 3.8) is 0 Å². The van der Waals surface area contributed by atoms with Crippen LogP contribution in [0.1, 0.15) is 18.9 Å². The normalized spacial score (nSPS) is 11.7. The predicted molar refractivity (Wildman–Crippen MR) is 47.9 cm³/mol. The van der Waals surface area contributed by atoms with Gasteiger partial charge in [-0.1, -0.05) is 19.1 Å². The first-order valence-electron chi connectivity index (χ1n) is 3.73. The van der Waals surface area contributed by atoms with E-state index in [9.17, 15) is 8.78 Å². The minimum absolute atomic E-state index is 0.0581. The van der Waals surface area contributed by atoms with Gasteiger partial charge in [-0.05, 0) is 12.1 Å². The Bertz CT molecular complexity index is 254. The van der Waals surface area contributed by atoms with Crippen molar-refractivity contribution in [2.45, 2.75) is 24.2 Å². The standard InChI is InChI=1S/C9H10F2S/c1-2-9(10,11)7-3-5-8(12)6-4-7/h3-6,12H,2H2,1H3. The summed E-state index contributed by atoms with van der Waals surface area (Å²) < 4.78 is 26.0. The van der Waals surface area contributed by atoms with Crippen molar-refractivity contribution in [2.24, 2.45) is 0 Å². The van der Waals surface area contributed by atoms with Crippen molar-refractivity contribution in [1.29, 1.82) is 0 Å². The van der Waals surface area contributed by atoms with Gasteiger partial charge in [0, 0.05) is 16.9 Å². The van der Waals surface area contributed by atoms with E-state index in [1.807, 2.05) is 0 Å². The second-order valence-corrected chi connectivity index (χ2v) is 3.12. The fraction of sp³-hybridized carbons (Fsp3) is 0.333. The van der Waals surface area contributed by atoms with E-state index in [0.29, 0.717) is 4.90 Å². The molecular weight excluding hydrogens is 178 g/mol. The summed E-state index contributed by atoms with van der Waals surface area (Å²) in [5.41, 5.74) is 0.0581. The molecule has 0 aromatic heterocycles. The van der Waals surface area contributed by atoms with Crippen LogP contribution < -0.4 is 0 Å². The van der Waals surface area contributed by atoms with Gasteiger partial charge in [-0.25, -0.2) is 8.78 Å². The number of hydrogen-bond acceptors (Lipinski definition) is 1. The molecule has 0 bridgehead atoms. The molecule has 0 aliphatic carbocycles. The van der Waals surface area contributed by atoms with Crippen molar-refractivity contribution in [2.75, 3.05) is 0 Å². The number of hydrogen-bond donors (Lipinski definition) is 1. The Labute approximate surface area is 76.0 Å². The maximum Gasteiger partial charge on any atom is 0.273 e. The van der Waals surface area contributed by atoms with Crippen LogP contribution in [0.2, 0.25) is 0 Å². The molecule has 0 amide bonds. The first-order chi connectivity index (χ1) is 5.56. The van der Waals surface area contributed by atoms with E-state index in [-0.39, 0.29) is 12.0 Å². The van der Waals surface area contributed by atoms with E-state index in [2.05, 4.69) is 12.6 Å². The molecule has 0 nitrogen and oxygen atoms in total. The molecule has 0 heterocycles. The molecule has 0 spiro atoms. The Hall–Kier alpha value is -0.570. The molecule has 12 heavy (non-hydrogen) atoms. The van der Waals surface area contributed by atoms with Crippen LogP contribution in [-0.4, -0.2) is 0 Å². The highest BCUT2D eigenvalue weighted by Gasteiger charge is 2.28. The minimum atomic E-state index is -2.71. The van der Waals surface area contributed by atoms with Crippen molar-refractivity contribution in [1.82, 2.24) is 0 Å². The molecule has 3 heteroatoms. The summed E-state index contributed by atoms with van der Waals surface area (Å²) in [6.07, 6.45) is -0.168. The van der Waals surface area contributed by atoms with E-state index >= 15 is 0 Å². The van der Waals surface area contributed by atoms with Crippen LogP contribution in [0.3, 0.4) is 0 Å². The SMILES string of the molecule is CCC(F)(F)c1ccc(S)cc1. The van der Waals surface area contributed by atoms with Crippen molar-refractivity contribution < 1.29 is 8.78 Å². The Morgan fingerprint density at radius 3 is 2.17 bits per heavy atom. The lowest BCUT2D eigenvalue weighted by atomic mass is 10.1. The van der Waals surface area contributed by atoms with Gasteiger partial charge in [0.2, 0.25) is 0 Å². The highest BCUT2D eigenvalue weighted by molar-refractivity contribution is 7.80. The molecule has 0 aliphatic heterocycles. The predicted octanol–water partition coefficient (Wildman–Crippen LogP) is 3.48. The first kappa shape index (κ1) is 9.52. The van der Waals surface area contributed by atoms with Gasteiger partial charge in [0.05, 0.1) is 0 Å². The summed E-state index contributed by atoms with van der Waals surface area (Å²) in [7, 11) is 0. The van der Waals surface area contributed by atoms with Gasteiger partial charge in [-0.3, -0.25) is 0 Å². The summed E-state index contributed by atoms with van der Waals surface area (Å²) in [4.78, 5) is 0.700. The van der Waals surface area contributed by atoms with Gasteiger partial charge in [0.25, 0.3) is 5.92 Å². The zero-order valence-electron chi connectivity index (χ0n) is 6.72. The highest BCUT2D eigenvalue weighted by Crippen LogP contribution is 2.31.